The molecule has 0 bridgehead atoms. The number of ether oxygens (including phenoxy) is 2. The van der Waals surface area contributed by atoms with Crippen LogP contribution < -0.4 is 10.4 Å². The molecule has 0 amide bonds. The van der Waals surface area contributed by atoms with Crippen LogP contribution in [-0.4, -0.2) is 58.5 Å². The summed E-state index contributed by atoms with van der Waals surface area (Å²) in [5.74, 6) is 0.895. The van der Waals surface area contributed by atoms with Crippen molar-refractivity contribution in [3.8, 4) is 16.9 Å². The normalized spacial score (nSPS) is 19.1. The molecule has 182 valence electrons. The molecule has 1 atom stereocenters. The predicted octanol–water partition coefficient (Wildman–Crippen LogP) is 4.38. The number of benzene rings is 2. The highest BCUT2D eigenvalue weighted by molar-refractivity contribution is 6.04. The van der Waals surface area contributed by atoms with Crippen LogP contribution in [0.1, 0.15) is 31.7 Å². The maximum atomic E-state index is 13.2. The molecule has 7 nitrogen and oxygen atoms in total. The summed E-state index contributed by atoms with van der Waals surface area (Å²) in [6.07, 6.45) is 6.33. The number of nitrogens with zero attached hydrogens (tertiary/aromatic N) is 4. The number of fused-ring (bicyclic) bond motifs is 3. The highest BCUT2D eigenvalue weighted by atomic mass is 16.5. The smallest absolute Gasteiger partial charge is 0.329 e. The minimum absolute atomic E-state index is 0.00867. The van der Waals surface area contributed by atoms with Crippen molar-refractivity contribution >= 4 is 21.9 Å². The Balaban J connectivity index is 1.32. The fourth-order valence-electron chi connectivity index (χ4n) is 5.52. The fourth-order valence-corrected chi connectivity index (χ4v) is 5.52. The molecule has 0 unspecified atom stereocenters. The highest BCUT2D eigenvalue weighted by Gasteiger charge is 2.23. The van der Waals surface area contributed by atoms with Crippen LogP contribution in [0.15, 0.2) is 53.5 Å². The van der Waals surface area contributed by atoms with E-state index in [2.05, 4.69) is 34.1 Å². The lowest BCUT2D eigenvalue weighted by atomic mass is 10.0. The van der Waals surface area contributed by atoms with Crippen LogP contribution in [-0.2, 0) is 11.8 Å². The number of rotatable bonds is 6. The van der Waals surface area contributed by atoms with Gasteiger partial charge >= 0.3 is 5.69 Å². The van der Waals surface area contributed by atoms with Gasteiger partial charge in [0.05, 0.1) is 35.4 Å². The summed E-state index contributed by atoms with van der Waals surface area (Å²) in [6.45, 7) is 5.42. The monoisotopic (exact) mass is 472 g/mol. The number of imidazole rings is 1. The van der Waals surface area contributed by atoms with Crippen LogP contribution in [0.4, 0.5) is 0 Å². The molecule has 4 heterocycles. The molecule has 0 aliphatic carbocycles. The topological polar surface area (TPSA) is 61.5 Å². The largest absolute Gasteiger partial charge is 0.492 e. The zero-order chi connectivity index (χ0) is 23.8. The van der Waals surface area contributed by atoms with E-state index in [0.717, 1.165) is 71.4 Å². The molecular formula is C28H32N4O3. The average Bonchev–Trinajstić information content (AvgIpc) is 3.51. The Morgan fingerprint density at radius 3 is 2.63 bits per heavy atom. The van der Waals surface area contributed by atoms with Crippen molar-refractivity contribution in [2.45, 2.75) is 31.7 Å². The van der Waals surface area contributed by atoms with E-state index in [0.29, 0.717) is 6.61 Å². The van der Waals surface area contributed by atoms with Crippen molar-refractivity contribution in [3.05, 3.63) is 59.1 Å². The number of likely N-dealkylation sites (tertiary alicyclic amines) is 1. The van der Waals surface area contributed by atoms with Crippen molar-refractivity contribution in [2.24, 2.45) is 7.05 Å². The van der Waals surface area contributed by atoms with Gasteiger partial charge in [-0.3, -0.25) is 19.0 Å². The van der Waals surface area contributed by atoms with E-state index in [9.17, 15) is 4.79 Å². The number of hydrogen-bond acceptors (Lipinski definition) is 5. The third kappa shape index (κ3) is 4.23. The second kappa shape index (κ2) is 9.47. The Morgan fingerprint density at radius 2 is 1.86 bits per heavy atom. The lowest BCUT2D eigenvalue weighted by Crippen LogP contribution is -2.31. The van der Waals surface area contributed by atoms with Crippen molar-refractivity contribution in [2.75, 3.05) is 39.5 Å². The maximum Gasteiger partial charge on any atom is 0.329 e. The van der Waals surface area contributed by atoms with Crippen LogP contribution in [0, 0.1) is 0 Å². The maximum absolute atomic E-state index is 13.2. The van der Waals surface area contributed by atoms with Crippen LogP contribution in [0.3, 0.4) is 0 Å². The molecule has 35 heavy (non-hydrogen) atoms. The van der Waals surface area contributed by atoms with Gasteiger partial charge in [0.15, 0.2) is 0 Å². The Kier molecular flexibility index (Phi) is 6.04. The average molecular weight is 473 g/mol. The van der Waals surface area contributed by atoms with Crippen LogP contribution >= 0.6 is 0 Å². The van der Waals surface area contributed by atoms with E-state index in [1.165, 1.54) is 25.9 Å². The Hall–Kier alpha value is -3.16. The Morgan fingerprint density at radius 1 is 1.06 bits per heavy atom. The minimum atomic E-state index is -0.00867. The molecule has 2 saturated heterocycles. The summed E-state index contributed by atoms with van der Waals surface area (Å²) in [4.78, 5) is 20.3. The van der Waals surface area contributed by atoms with E-state index in [4.69, 9.17) is 9.47 Å². The van der Waals surface area contributed by atoms with Gasteiger partial charge in [-0.1, -0.05) is 18.2 Å². The molecule has 2 fully saturated rings. The van der Waals surface area contributed by atoms with Crippen molar-refractivity contribution in [1.29, 1.82) is 0 Å². The van der Waals surface area contributed by atoms with Crippen LogP contribution in [0.5, 0.6) is 5.75 Å². The van der Waals surface area contributed by atoms with Crippen molar-refractivity contribution in [3.63, 3.8) is 0 Å². The number of aromatic nitrogens is 3. The first-order valence-corrected chi connectivity index (χ1v) is 12.7. The third-order valence-corrected chi connectivity index (χ3v) is 7.48. The van der Waals surface area contributed by atoms with Gasteiger partial charge in [-0.25, -0.2) is 4.79 Å². The first kappa shape index (κ1) is 22.3. The second-order valence-corrected chi connectivity index (χ2v) is 9.73. The molecule has 0 radical (unpaired) electrons. The molecule has 2 aromatic carbocycles. The molecule has 4 aromatic rings. The molecule has 2 aliphatic heterocycles. The molecule has 0 spiro atoms. The van der Waals surface area contributed by atoms with Gasteiger partial charge in [-0.2, -0.15) is 0 Å². The lowest BCUT2D eigenvalue weighted by molar-refractivity contribution is 0.0593. The van der Waals surface area contributed by atoms with E-state index in [1.807, 2.05) is 36.0 Å². The molecule has 0 saturated carbocycles. The molecule has 6 rings (SSSR count). The molecule has 2 aromatic heterocycles. The van der Waals surface area contributed by atoms with E-state index < -0.39 is 0 Å². The van der Waals surface area contributed by atoms with Gasteiger partial charge in [0.1, 0.15) is 12.4 Å². The number of pyridine rings is 1. The van der Waals surface area contributed by atoms with Crippen LogP contribution in [0.2, 0.25) is 0 Å². The minimum Gasteiger partial charge on any atom is -0.492 e. The van der Waals surface area contributed by atoms with E-state index >= 15 is 0 Å². The summed E-state index contributed by atoms with van der Waals surface area (Å²) in [5, 5.41) is 0.995. The van der Waals surface area contributed by atoms with Gasteiger partial charge in [0.25, 0.3) is 0 Å². The SMILES string of the molecule is Cn1c(=O)n([C@H]2CCCOC2)c2c3cc(-c4ccc(OCCN5CCCC5)cc4)ccc3ncc21. The van der Waals surface area contributed by atoms with Crippen molar-refractivity contribution < 1.29 is 9.47 Å². The van der Waals surface area contributed by atoms with Gasteiger partial charge in [-0.05, 0) is 74.2 Å². The van der Waals surface area contributed by atoms with Crippen molar-refractivity contribution in [1.82, 2.24) is 19.0 Å². The summed E-state index contributed by atoms with van der Waals surface area (Å²) >= 11 is 0. The standard InChI is InChI=1S/C28H32N4O3/c1-30-26-18-29-25-11-8-21(17-24(25)27(26)32(28(30)33)22-5-4-15-34-19-22)20-6-9-23(10-7-20)35-16-14-31-12-2-3-13-31/h6-11,17-18,22H,2-5,12-16,19H2,1H3/t22-/m0/s1. The number of hydrogen-bond donors (Lipinski definition) is 0. The molecular weight excluding hydrogens is 440 g/mol. The fraction of sp³-hybridized carbons (Fsp3) is 0.429. The van der Waals surface area contributed by atoms with Gasteiger partial charge in [0, 0.05) is 25.6 Å². The third-order valence-electron chi connectivity index (χ3n) is 7.48. The van der Waals surface area contributed by atoms with Gasteiger partial charge in [-0.15, -0.1) is 0 Å². The molecule has 7 heteroatoms. The quantitative estimate of drug-likeness (QED) is 0.417. The molecule has 2 aliphatic rings. The zero-order valence-electron chi connectivity index (χ0n) is 20.3. The first-order chi connectivity index (χ1) is 17.2. The molecule has 0 N–H and O–H groups in total. The summed E-state index contributed by atoms with van der Waals surface area (Å²) < 4.78 is 15.3. The number of aryl methyl sites for hydroxylation is 1. The summed E-state index contributed by atoms with van der Waals surface area (Å²) in [7, 11) is 1.82. The summed E-state index contributed by atoms with van der Waals surface area (Å²) in [6, 6.07) is 14.6. The second-order valence-electron chi connectivity index (χ2n) is 9.73. The lowest BCUT2D eigenvalue weighted by Gasteiger charge is -2.23. The van der Waals surface area contributed by atoms with Crippen LogP contribution in [0.25, 0.3) is 33.1 Å². The van der Waals surface area contributed by atoms with E-state index in [-0.39, 0.29) is 11.7 Å². The summed E-state index contributed by atoms with van der Waals surface area (Å²) in [5.41, 5.74) is 4.89. The van der Waals surface area contributed by atoms with Gasteiger partial charge in [0.2, 0.25) is 0 Å². The first-order valence-electron chi connectivity index (χ1n) is 12.7. The predicted molar refractivity (Wildman–Crippen MR) is 138 cm³/mol. The highest BCUT2D eigenvalue weighted by Crippen LogP contribution is 2.32. The van der Waals surface area contributed by atoms with Gasteiger partial charge < -0.3 is 9.47 Å². The van der Waals surface area contributed by atoms with E-state index in [1.54, 1.807) is 4.57 Å². The Bertz CT molecular complexity index is 1390. The zero-order valence-corrected chi connectivity index (χ0v) is 20.3. The Labute approximate surface area is 204 Å².